The van der Waals surface area contributed by atoms with Crippen LogP contribution in [0, 0.1) is 18.8 Å². The summed E-state index contributed by atoms with van der Waals surface area (Å²) in [5.74, 6) is 1.01. The monoisotopic (exact) mass is 262 g/mol. The number of aromatic nitrogens is 1. The van der Waals surface area contributed by atoms with Gasteiger partial charge < -0.3 is 10.4 Å². The van der Waals surface area contributed by atoms with Crippen molar-refractivity contribution < 1.29 is 9.90 Å². The Morgan fingerprint density at radius 3 is 2.68 bits per heavy atom. The molecule has 2 N–H and O–H groups in total. The van der Waals surface area contributed by atoms with Crippen LogP contribution in [-0.2, 0) is 0 Å². The van der Waals surface area contributed by atoms with E-state index in [1.807, 2.05) is 6.92 Å². The molecule has 0 spiro atoms. The van der Waals surface area contributed by atoms with Crippen molar-refractivity contribution in [3.05, 3.63) is 23.4 Å². The fourth-order valence-corrected chi connectivity index (χ4v) is 2.71. The molecule has 0 amide bonds. The number of carboxylic acids is 1. The Morgan fingerprint density at radius 2 is 2.05 bits per heavy atom. The van der Waals surface area contributed by atoms with Crippen LogP contribution >= 0.6 is 0 Å². The van der Waals surface area contributed by atoms with Gasteiger partial charge in [0.25, 0.3) is 0 Å². The average molecular weight is 262 g/mol. The molecule has 4 heteroatoms. The zero-order chi connectivity index (χ0) is 14.0. The summed E-state index contributed by atoms with van der Waals surface area (Å²) in [6, 6.07) is 3.70. The standard InChI is InChI=1S/C15H22N2O2/c1-9-4-6-12(8-10(9)2)17-14-13(15(18)19)7-5-11(3)16-14/h5,7,9-10,12H,4,6,8H2,1-3H3,(H,16,17)(H,18,19). The molecule has 3 unspecified atom stereocenters. The topological polar surface area (TPSA) is 62.2 Å². The van der Waals surface area contributed by atoms with E-state index in [1.54, 1.807) is 12.1 Å². The fraction of sp³-hybridized carbons (Fsp3) is 0.600. The minimum atomic E-state index is -0.924. The zero-order valence-corrected chi connectivity index (χ0v) is 11.8. The number of hydrogen-bond acceptors (Lipinski definition) is 3. The minimum absolute atomic E-state index is 0.261. The minimum Gasteiger partial charge on any atom is -0.478 e. The summed E-state index contributed by atoms with van der Waals surface area (Å²) in [6.07, 6.45) is 3.35. The lowest BCUT2D eigenvalue weighted by atomic mass is 9.79. The van der Waals surface area contributed by atoms with Crippen LogP contribution < -0.4 is 5.32 Å². The van der Waals surface area contributed by atoms with Crippen LogP contribution in [0.4, 0.5) is 5.82 Å². The summed E-state index contributed by atoms with van der Waals surface area (Å²) in [4.78, 5) is 15.6. The quantitative estimate of drug-likeness (QED) is 0.877. The molecule has 19 heavy (non-hydrogen) atoms. The van der Waals surface area contributed by atoms with Crippen LogP contribution in [-0.4, -0.2) is 22.1 Å². The number of carbonyl (C=O) groups is 1. The van der Waals surface area contributed by atoms with Gasteiger partial charge in [-0.05, 0) is 50.2 Å². The number of carboxylic acid groups (broad SMARTS) is 1. The van der Waals surface area contributed by atoms with Crippen LogP contribution in [0.15, 0.2) is 12.1 Å². The van der Waals surface area contributed by atoms with Crippen molar-refractivity contribution >= 4 is 11.8 Å². The molecular formula is C15H22N2O2. The van der Waals surface area contributed by atoms with Crippen LogP contribution in [0.3, 0.4) is 0 Å². The highest BCUT2D eigenvalue weighted by Gasteiger charge is 2.25. The lowest BCUT2D eigenvalue weighted by Gasteiger charge is -2.33. The van der Waals surface area contributed by atoms with Crippen molar-refractivity contribution in [2.75, 3.05) is 5.32 Å². The van der Waals surface area contributed by atoms with E-state index < -0.39 is 5.97 Å². The number of anilines is 1. The second-order valence-electron chi connectivity index (χ2n) is 5.76. The molecule has 0 aliphatic heterocycles. The zero-order valence-electron chi connectivity index (χ0n) is 11.8. The molecule has 4 nitrogen and oxygen atoms in total. The Labute approximate surface area is 114 Å². The van der Waals surface area contributed by atoms with E-state index in [4.69, 9.17) is 0 Å². The molecule has 1 aromatic rings. The number of pyridine rings is 1. The Kier molecular flexibility index (Phi) is 4.08. The lowest BCUT2D eigenvalue weighted by Crippen LogP contribution is -2.31. The molecule has 1 heterocycles. The van der Waals surface area contributed by atoms with Crippen molar-refractivity contribution in [1.29, 1.82) is 0 Å². The molecule has 2 rings (SSSR count). The molecule has 0 radical (unpaired) electrons. The predicted octanol–water partition coefficient (Wildman–Crippen LogP) is 3.32. The maximum atomic E-state index is 11.2. The predicted molar refractivity (Wildman–Crippen MR) is 75.5 cm³/mol. The van der Waals surface area contributed by atoms with E-state index in [0.29, 0.717) is 17.8 Å². The largest absolute Gasteiger partial charge is 0.478 e. The van der Waals surface area contributed by atoms with E-state index in [1.165, 1.54) is 6.42 Å². The molecule has 1 saturated carbocycles. The Morgan fingerprint density at radius 1 is 1.32 bits per heavy atom. The van der Waals surface area contributed by atoms with Gasteiger partial charge in [0.05, 0.1) is 0 Å². The number of aromatic carboxylic acids is 1. The van der Waals surface area contributed by atoms with E-state index >= 15 is 0 Å². The fourth-order valence-electron chi connectivity index (χ4n) is 2.71. The number of hydrogen-bond donors (Lipinski definition) is 2. The summed E-state index contributed by atoms with van der Waals surface area (Å²) < 4.78 is 0. The molecule has 0 bridgehead atoms. The van der Waals surface area contributed by atoms with Crippen LogP contribution in [0.5, 0.6) is 0 Å². The van der Waals surface area contributed by atoms with Gasteiger partial charge in [0, 0.05) is 11.7 Å². The van der Waals surface area contributed by atoms with Gasteiger partial charge in [0.2, 0.25) is 0 Å². The van der Waals surface area contributed by atoms with Gasteiger partial charge >= 0.3 is 5.97 Å². The Hall–Kier alpha value is -1.58. The van der Waals surface area contributed by atoms with Gasteiger partial charge in [0.15, 0.2) is 0 Å². The van der Waals surface area contributed by atoms with Gasteiger partial charge in [-0.15, -0.1) is 0 Å². The van der Waals surface area contributed by atoms with Crippen molar-refractivity contribution in [1.82, 2.24) is 4.98 Å². The van der Waals surface area contributed by atoms with E-state index in [0.717, 1.165) is 24.5 Å². The molecule has 1 aliphatic rings. The highest BCUT2D eigenvalue weighted by Crippen LogP contribution is 2.31. The lowest BCUT2D eigenvalue weighted by molar-refractivity contribution is 0.0697. The summed E-state index contributed by atoms with van der Waals surface area (Å²) in [5, 5.41) is 12.5. The molecule has 3 atom stereocenters. The number of rotatable bonds is 3. The third kappa shape index (κ3) is 3.25. The van der Waals surface area contributed by atoms with E-state index in [9.17, 15) is 9.90 Å². The van der Waals surface area contributed by atoms with Crippen molar-refractivity contribution in [2.24, 2.45) is 11.8 Å². The highest BCUT2D eigenvalue weighted by molar-refractivity contribution is 5.93. The van der Waals surface area contributed by atoms with Crippen LogP contribution in [0.25, 0.3) is 0 Å². The number of nitrogens with one attached hydrogen (secondary N) is 1. The van der Waals surface area contributed by atoms with Gasteiger partial charge in [-0.1, -0.05) is 13.8 Å². The highest BCUT2D eigenvalue weighted by atomic mass is 16.4. The first-order valence-electron chi connectivity index (χ1n) is 6.95. The van der Waals surface area contributed by atoms with Gasteiger partial charge in [-0.3, -0.25) is 0 Å². The Balaban J connectivity index is 2.14. The summed E-state index contributed by atoms with van der Waals surface area (Å²) in [5.41, 5.74) is 1.10. The second-order valence-corrected chi connectivity index (χ2v) is 5.76. The molecule has 1 aliphatic carbocycles. The summed E-state index contributed by atoms with van der Waals surface area (Å²) in [7, 11) is 0. The molecule has 0 saturated heterocycles. The molecular weight excluding hydrogens is 240 g/mol. The average Bonchev–Trinajstić information content (AvgIpc) is 2.33. The van der Waals surface area contributed by atoms with Crippen molar-refractivity contribution in [3.63, 3.8) is 0 Å². The maximum absolute atomic E-state index is 11.2. The first kappa shape index (κ1) is 13.8. The normalized spacial score (nSPS) is 27.0. The summed E-state index contributed by atoms with van der Waals surface area (Å²) in [6.45, 7) is 6.43. The molecule has 0 aromatic carbocycles. The molecule has 1 aromatic heterocycles. The third-order valence-corrected chi connectivity index (χ3v) is 4.20. The van der Waals surface area contributed by atoms with E-state index in [-0.39, 0.29) is 5.56 Å². The maximum Gasteiger partial charge on any atom is 0.339 e. The number of aryl methyl sites for hydroxylation is 1. The van der Waals surface area contributed by atoms with Gasteiger partial charge in [-0.2, -0.15) is 0 Å². The van der Waals surface area contributed by atoms with E-state index in [2.05, 4.69) is 24.1 Å². The smallest absolute Gasteiger partial charge is 0.339 e. The van der Waals surface area contributed by atoms with Crippen molar-refractivity contribution in [2.45, 2.75) is 46.1 Å². The summed E-state index contributed by atoms with van der Waals surface area (Å²) >= 11 is 0. The second kappa shape index (κ2) is 5.59. The Bertz CT molecular complexity index is 473. The third-order valence-electron chi connectivity index (χ3n) is 4.20. The first-order chi connectivity index (χ1) is 8.97. The molecule has 1 fully saturated rings. The number of nitrogens with zero attached hydrogens (tertiary/aromatic N) is 1. The van der Waals surface area contributed by atoms with Gasteiger partial charge in [0.1, 0.15) is 11.4 Å². The van der Waals surface area contributed by atoms with Crippen molar-refractivity contribution in [3.8, 4) is 0 Å². The molecule has 104 valence electrons. The van der Waals surface area contributed by atoms with Crippen LogP contribution in [0.2, 0.25) is 0 Å². The SMILES string of the molecule is Cc1ccc(C(=O)O)c(NC2CCC(C)C(C)C2)n1. The first-order valence-corrected chi connectivity index (χ1v) is 6.95. The van der Waals surface area contributed by atoms with Gasteiger partial charge in [-0.25, -0.2) is 9.78 Å². The van der Waals surface area contributed by atoms with Crippen LogP contribution in [0.1, 0.15) is 49.2 Å².